The van der Waals surface area contributed by atoms with Crippen LogP contribution in [0.5, 0.6) is 0 Å². The van der Waals surface area contributed by atoms with Crippen molar-refractivity contribution in [1.82, 2.24) is 15.0 Å². The number of nitrogens with zero attached hydrogens (tertiary/aromatic N) is 3. The van der Waals surface area contributed by atoms with Crippen molar-refractivity contribution in [1.29, 1.82) is 0 Å². The molecule has 39 heavy (non-hydrogen) atoms. The number of thiophene rings is 1. The molecule has 4 nitrogen and oxygen atoms in total. The molecule has 5 heterocycles. The quantitative estimate of drug-likeness (QED) is 0.169. The molecule has 7 rings (SSSR count). The molecule has 0 unspecified atom stereocenters. The molecule has 0 N–H and O–H groups in total. The Labute approximate surface area is 245 Å². The van der Waals surface area contributed by atoms with Crippen LogP contribution in [0.4, 0.5) is 0 Å². The fraction of sp³-hybridized carbons (Fsp3) is 0.121. The maximum Gasteiger partial charge on any atom is 0.216 e. The van der Waals surface area contributed by atoms with E-state index in [4.69, 9.17) is 4.42 Å². The second-order valence-corrected chi connectivity index (χ2v) is 10.4. The summed E-state index contributed by atoms with van der Waals surface area (Å²) < 4.78 is 7.28. The Bertz CT molecular complexity index is 1920. The first-order valence-corrected chi connectivity index (χ1v) is 13.3. The van der Waals surface area contributed by atoms with E-state index < -0.39 is 0 Å². The molecule has 6 heteroatoms. The Balaban J connectivity index is 0.000000169. The monoisotopic (exact) mass is 704 g/mol. The van der Waals surface area contributed by atoms with Gasteiger partial charge in [0.15, 0.2) is 0 Å². The molecular formula is C33H25IrN3OS-2. The van der Waals surface area contributed by atoms with E-state index in [1.807, 2.05) is 49.6 Å². The molecule has 0 saturated heterocycles. The van der Waals surface area contributed by atoms with Gasteiger partial charge in [-0.05, 0) is 61.0 Å². The van der Waals surface area contributed by atoms with Crippen LogP contribution in [0.1, 0.15) is 22.4 Å². The van der Waals surface area contributed by atoms with Gasteiger partial charge >= 0.3 is 0 Å². The SMILES string of the molecule is Cc1c[c-]c(-c2cc(C)c(C)cn2)cc1.Cc1ccc2c(n1)oc1c(-c3nccc4sccc34)[c-]ccc12.[Ir]. The van der Waals surface area contributed by atoms with Gasteiger partial charge in [0.1, 0.15) is 0 Å². The zero-order valence-corrected chi connectivity index (χ0v) is 25.2. The number of aromatic nitrogens is 3. The molecule has 0 atom stereocenters. The van der Waals surface area contributed by atoms with Crippen molar-refractivity contribution in [2.45, 2.75) is 27.7 Å². The normalized spacial score (nSPS) is 10.9. The topological polar surface area (TPSA) is 51.8 Å². The first-order valence-electron chi connectivity index (χ1n) is 12.4. The average molecular weight is 704 g/mol. The molecule has 0 spiro atoms. The molecule has 1 radical (unpaired) electrons. The fourth-order valence-corrected chi connectivity index (χ4v) is 5.20. The van der Waals surface area contributed by atoms with Crippen LogP contribution in [0, 0.1) is 39.8 Å². The van der Waals surface area contributed by atoms with E-state index in [0.717, 1.165) is 50.0 Å². The first kappa shape index (κ1) is 26.9. The van der Waals surface area contributed by atoms with Crippen molar-refractivity contribution >= 4 is 43.5 Å². The van der Waals surface area contributed by atoms with Crippen molar-refractivity contribution in [3.63, 3.8) is 0 Å². The summed E-state index contributed by atoms with van der Waals surface area (Å²) in [5, 5.41) is 5.29. The summed E-state index contributed by atoms with van der Waals surface area (Å²) in [7, 11) is 0. The third kappa shape index (κ3) is 5.28. The third-order valence-electron chi connectivity index (χ3n) is 6.67. The molecule has 2 aromatic carbocycles. The van der Waals surface area contributed by atoms with Gasteiger partial charge in [-0.15, -0.1) is 64.9 Å². The summed E-state index contributed by atoms with van der Waals surface area (Å²) in [6.45, 7) is 8.21. The van der Waals surface area contributed by atoms with E-state index in [-0.39, 0.29) is 20.1 Å². The Morgan fingerprint density at radius 2 is 1.69 bits per heavy atom. The summed E-state index contributed by atoms with van der Waals surface area (Å²) in [4.78, 5) is 13.5. The number of hydrogen-bond acceptors (Lipinski definition) is 5. The van der Waals surface area contributed by atoms with Gasteiger partial charge in [-0.1, -0.05) is 35.6 Å². The van der Waals surface area contributed by atoms with Crippen LogP contribution in [0.15, 0.2) is 82.9 Å². The molecule has 0 amide bonds. The second kappa shape index (κ2) is 11.2. The van der Waals surface area contributed by atoms with Crippen LogP contribution in [0.25, 0.3) is 54.7 Å². The maximum atomic E-state index is 6.07. The zero-order chi connectivity index (χ0) is 26.2. The number of furan rings is 1. The largest absolute Gasteiger partial charge is 0.486 e. The van der Waals surface area contributed by atoms with E-state index >= 15 is 0 Å². The molecule has 0 bridgehead atoms. The van der Waals surface area contributed by atoms with Crippen molar-refractivity contribution in [3.8, 4) is 22.5 Å². The number of hydrogen-bond donors (Lipinski definition) is 0. The van der Waals surface area contributed by atoms with Gasteiger partial charge in [-0.25, -0.2) is 4.98 Å². The second-order valence-electron chi connectivity index (χ2n) is 9.43. The van der Waals surface area contributed by atoms with Crippen LogP contribution in [0.3, 0.4) is 0 Å². The van der Waals surface area contributed by atoms with Crippen molar-refractivity contribution in [2.24, 2.45) is 0 Å². The van der Waals surface area contributed by atoms with Crippen LogP contribution in [-0.2, 0) is 20.1 Å². The van der Waals surface area contributed by atoms with E-state index in [2.05, 4.69) is 83.6 Å². The van der Waals surface area contributed by atoms with Gasteiger partial charge in [0.25, 0.3) is 0 Å². The van der Waals surface area contributed by atoms with Crippen molar-refractivity contribution in [2.75, 3.05) is 0 Å². The summed E-state index contributed by atoms with van der Waals surface area (Å²) in [5.74, 6) is 0. The zero-order valence-electron chi connectivity index (χ0n) is 22.0. The average Bonchev–Trinajstić information content (AvgIpc) is 3.55. The van der Waals surface area contributed by atoms with Gasteiger partial charge in [0.05, 0.1) is 5.58 Å². The summed E-state index contributed by atoms with van der Waals surface area (Å²) in [6.07, 6.45) is 3.75. The van der Waals surface area contributed by atoms with E-state index in [0.29, 0.717) is 5.71 Å². The minimum Gasteiger partial charge on any atom is -0.486 e. The molecule has 0 aliphatic heterocycles. The van der Waals surface area contributed by atoms with Crippen LogP contribution >= 0.6 is 11.3 Å². The van der Waals surface area contributed by atoms with Crippen LogP contribution in [0.2, 0.25) is 0 Å². The van der Waals surface area contributed by atoms with E-state index in [1.165, 1.54) is 21.4 Å². The molecule has 0 aliphatic rings. The number of rotatable bonds is 2. The molecule has 0 fully saturated rings. The smallest absolute Gasteiger partial charge is 0.216 e. The molecule has 0 saturated carbocycles. The number of benzene rings is 2. The predicted octanol–water partition coefficient (Wildman–Crippen LogP) is 8.84. The third-order valence-corrected chi connectivity index (χ3v) is 7.55. The molecule has 0 aliphatic carbocycles. The summed E-state index contributed by atoms with van der Waals surface area (Å²) in [5.41, 5.74) is 9.99. The van der Waals surface area contributed by atoms with Gasteiger partial charge in [0.2, 0.25) is 5.71 Å². The molecule has 7 aromatic rings. The standard InChI is InChI=1S/C19H11N2OS.C14H14N.Ir/c1-11-5-6-13-12-3-2-4-15(18(12)22-19(13)21-11)17-14-8-10-23-16(14)7-9-20-17;1-10-4-6-13(7-5-10)14-8-11(2)12(3)9-15-14;/h2-3,5-10H,1H3;4-6,8-9H,1-3H3;/q2*-1;. The Morgan fingerprint density at radius 3 is 2.49 bits per heavy atom. The van der Waals surface area contributed by atoms with E-state index in [1.54, 1.807) is 11.3 Å². The summed E-state index contributed by atoms with van der Waals surface area (Å²) >= 11 is 1.71. The Morgan fingerprint density at radius 1 is 0.821 bits per heavy atom. The van der Waals surface area contributed by atoms with Crippen LogP contribution < -0.4 is 0 Å². The Hall–Kier alpha value is -3.70. The van der Waals surface area contributed by atoms with E-state index in [9.17, 15) is 0 Å². The Kier molecular flexibility index (Phi) is 7.71. The van der Waals surface area contributed by atoms with Crippen molar-refractivity contribution in [3.05, 3.63) is 113 Å². The van der Waals surface area contributed by atoms with Gasteiger partial charge < -0.3 is 14.4 Å². The predicted molar refractivity (Wildman–Crippen MR) is 156 cm³/mol. The van der Waals surface area contributed by atoms with Crippen LogP contribution in [-0.4, -0.2) is 15.0 Å². The molecule has 5 aromatic heterocycles. The molecule has 195 valence electrons. The summed E-state index contributed by atoms with van der Waals surface area (Å²) in [6, 6.07) is 26.9. The van der Waals surface area contributed by atoms with Gasteiger partial charge in [0, 0.05) is 54.0 Å². The van der Waals surface area contributed by atoms with Crippen molar-refractivity contribution < 1.29 is 24.5 Å². The van der Waals surface area contributed by atoms with Gasteiger partial charge in [-0.2, -0.15) is 0 Å². The molecular weight excluding hydrogens is 679 g/mol. The number of fused-ring (bicyclic) bond motifs is 4. The number of pyridine rings is 3. The number of aryl methyl sites for hydroxylation is 4. The minimum atomic E-state index is 0. The minimum absolute atomic E-state index is 0. The van der Waals surface area contributed by atoms with Gasteiger partial charge in [-0.3, -0.25) is 0 Å². The fourth-order valence-electron chi connectivity index (χ4n) is 4.42. The first-order chi connectivity index (χ1) is 18.5. The maximum absolute atomic E-state index is 6.07.